The van der Waals surface area contributed by atoms with E-state index in [1.807, 2.05) is 0 Å². The summed E-state index contributed by atoms with van der Waals surface area (Å²) in [5.41, 5.74) is 2.90. The van der Waals surface area contributed by atoms with E-state index in [0.29, 0.717) is 6.04 Å². The lowest BCUT2D eigenvalue weighted by Crippen LogP contribution is -2.46. The molecule has 1 atom stereocenters. The van der Waals surface area contributed by atoms with Gasteiger partial charge in [0.1, 0.15) is 0 Å². The third kappa shape index (κ3) is 3.97. The SMILES string of the molecule is CCCNCC(COC)N1CCCCc2ccccc21. The van der Waals surface area contributed by atoms with Gasteiger partial charge in [-0.1, -0.05) is 25.1 Å². The van der Waals surface area contributed by atoms with Crippen molar-refractivity contribution in [3.05, 3.63) is 29.8 Å². The third-order valence-corrected chi connectivity index (χ3v) is 4.00. The molecule has 0 fully saturated rings. The summed E-state index contributed by atoms with van der Waals surface area (Å²) in [4.78, 5) is 2.55. The predicted molar refractivity (Wildman–Crippen MR) is 85.6 cm³/mol. The van der Waals surface area contributed by atoms with Crippen LogP contribution in [0.1, 0.15) is 31.7 Å². The standard InChI is InChI=1S/C17H28N2O/c1-3-11-18-13-16(14-20-2)19-12-7-6-9-15-8-4-5-10-17(15)19/h4-5,8,10,16,18H,3,6-7,9,11-14H2,1-2H3. The molecule has 0 saturated carbocycles. The summed E-state index contributed by atoms with van der Waals surface area (Å²) in [6.45, 7) is 6.20. The van der Waals surface area contributed by atoms with E-state index in [4.69, 9.17) is 4.74 Å². The number of ether oxygens (including phenoxy) is 1. The van der Waals surface area contributed by atoms with Crippen LogP contribution in [0, 0.1) is 0 Å². The lowest BCUT2D eigenvalue weighted by atomic mass is 10.1. The Labute approximate surface area is 123 Å². The number of hydrogen-bond donors (Lipinski definition) is 1. The molecule has 1 aliphatic rings. The van der Waals surface area contributed by atoms with Crippen molar-refractivity contribution in [3.8, 4) is 0 Å². The molecule has 1 unspecified atom stereocenters. The number of rotatable bonds is 7. The lowest BCUT2D eigenvalue weighted by molar-refractivity contribution is 0.175. The van der Waals surface area contributed by atoms with Gasteiger partial charge in [-0.3, -0.25) is 0 Å². The van der Waals surface area contributed by atoms with Crippen LogP contribution in [0.15, 0.2) is 24.3 Å². The first-order valence-electron chi connectivity index (χ1n) is 7.91. The first-order valence-corrected chi connectivity index (χ1v) is 7.91. The van der Waals surface area contributed by atoms with E-state index >= 15 is 0 Å². The number of para-hydroxylation sites is 1. The van der Waals surface area contributed by atoms with Crippen LogP contribution in [-0.4, -0.2) is 39.4 Å². The van der Waals surface area contributed by atoms with Gasteiger partial charge >= 0.3 is 0 Å². The van der Waals surface area contributed by atoms with Crippen LogP contribution < -0.4 is 10.2 Å². The van der Waals surface area contributed by atoms with Crippen molar-refractivity contribution in [2.45, 2.75) is 38.6 Å². The first-order chi connectivity index (χ1) is 9.86. The number of aryl methyl sites for hydroxylation is 1. The van der Waals surface area contributed by atoms with Gasteiger partial charge in [0.15, 0.2) is 0 Å². The molecule has 112 valence electrons. The Bertz CT molecular complexity index is 394. The van der Waals surface area contributed by atoms with E-state index in [9.17, 15) is 0 Å². The van der Waals surface area contributed by atoms with Gasteiger partial charge in [-0.15, -0.1) is 0 Å². The predicted octanol–water partition coefficient (Wildman–Crippen LogP) is 2.84. The second kappa shape index (κ2) is 8.28. The minimum Gasteiger partial charge on any atom is -0.383 e. The van der Waals surface area contributed by atoms with Crippen molar-refractivity contribution in [2.24, 2.45) is 0 Å². The van der Waals surface area contributed by atoms with Gasteiger partial charge in [0, 0.05) is 25.9 Å². The minimum atomic E-state index is 0.422. The zero-order chi connectivity index (χ0) is 14.2. The highest BCUT2D eigenvalue weighted by molar-refractivity contribution is 5.55. The summed E-state index contributed by atoms with van der Waals surface area (Å²) in [6.07, 6.45) is 4.93. The van der Waals surface area contributed by atoms with Crippen LogP contribution in [0.3, 0.4) is 0 Å². The van der Waals surface area contributed by atoms with Gasteiger partial charge in [0.2, 0.25) is 0 Å². The fraction of sp³-hybridized carbons (Fsp3) is 0.647. The fourth-order valence-corrected chi connectivity index (χ4v) is 3.00. The van der Waals surface area contributed by atoms with E-state index in [0.717, 1.165) is 26.2 Å². The molecule has 3 nitrogen and oxygen atoms in total. The summed E-state index contributed by atoms with van der Waals surface area (Å²) < 4.78 is 5.46. The zero-order valence-electron chi connectivity index (χ0n) is 12.9. The molecule has 0 aromatic heterocycles. The highest BCUT2D eigenvalue weighted by Gasteiger charge is 2.22. The summed E-state index contributed by atoms with van der Waals surface area (Å²) in [6, 6.07) is 9.27. The Morgan fingerprint density at radius 1 is 1.30 bits per heavy atom. The molecule has 0 bridgehead atoms. The summed E-state index contributed by atoms with van der Waals surface area (Å²) >= 11 is 0. The van der Waals surface area contributed by atoms with Crippen molar-refractivity contribution < 1.29 is 4.74 Å². The monoisotopic (exact) mass is 276 g/mol. The minimum absolute atomic E-state index is 0.422. The number of anilines is 1. The molecule has 1 aromatic rings. The molecule has 1 N–H and O–H groups in total. The van der Waals surface area contributed by atoms with Gasteiger partial charge in [0.25, 0.3) is 0 Å². The van der Waals surface area contributed by atoms with E-state index in [1.165, 1.54) is 36.9 Å². The van der Waals surface area contributed by atoms with E-state index in [1.54, 1.807) is 7.11 Å². The van der Waals surface area contributed by atoms with E-state index < -0.39 is 0 Å². The van der Waals surface area contributed by atoms with Crippen LogP contribution in [0.25, 0.3) is 0 Å². The molecule has 1 aromatic carbocycles. The van der Waals surface area contributed by atoms with E-state index in [-0.39, 0.29) is 0 Å². The Morgan fingerprint density at radius 2 is 2.15 bits per heavy atom. The third-order valence-electron chi connectivity index (χ3n) is 4.00. The normalized spacial score (nSPS) is 16.6. The highest BCUT2D eigenvalue weighted by atomic mass is 16.5. The van der Waals surface area contributed by atoms with Gasteiger partial charge in [-0.25, -0.2) is 0 Å². The summed E-state index contributed by atoms with van der Waals surface area (Å²) in [5.74, 6) is 0. The average Bonchev–Trinajstić information content (AvgIpc) is 2.69. The maximum absolute atomic E-state index is 5.46. The highest BCUT2D eigenvalue weighted by Crippen LogP contribution is 2.27. The fourth-order valence-electron chi connectivity index (χ4n) is 3.00. The maximum atomic E-state index is 5.46. The number of nitrogens with zero attached hydrogens (tertiary/aromatic N) is 1. The van der Waals surface area contributed by atoms with E-state index in [2.05, 4.69) is 41.4 Å². The molecular formula is C17H28N2O. The first kappa shape index (κ1) is 15.3. The second-order valence-corrected chi connectivity index (χ2v) is 5.59. The van der Waals surface area contributed by atoms with Crippen molar-refractivity contribution in [2.75, 3.05) is 38.3 Å². The largest absolute Gasteiger partial charge is 0.383 e. The molecule has 2 rings (SSSR count). The van der Waals surface area contributed by atoms with Crippen molar-refractivity contribution in [1.29, 1.82) is 0 Å². The molecule has 1 heterocycles. The molecule has 1 aliphatic heterocycles. The lowest BCUT2D eigenvalue weighted by Gasteiger charge is -2.33. The molecule has 0 aliphatic carbocycles. The van der Waals surface area contributed by atoms with Crippen LogP contribution in [-0.2, 0) is 11.2 Å². The van der Waals surface area contributed by atoms with Crippen LogP contribution in [0.5, 0.6) is 0 Å². The molecular weight excluding hydrogens is 248 g/mol. The molecule has 0 amide bonds. The van der Waals surface area contributed by atoms with Crippen molar-refractivity contribution >= 4 is 5.69 Å². The van der Waals surface area contributed by atoms with Crippen molar-refractivity contribution in [1.82, 2.24) is 5.32 Å². The Kier molecular flexibility index (Phi) is 6.34. The maximum Gasteiger partial charge on any atom is 0.0678 e. The van der Waals surface area contributed by atoms with Crippen LogP contribution in [0.2, 0.25) is 0 Å². The number of methoxy groups -OCH3 is 1. The van der Waals surface area contributed by atoms with Gasteiger partial charge in [-0.05, 0) is 43.9 Å². The van der Waals surface area contributed by atoms with Gasteiger partial charge < -0.3 is 15.0 Å². The van der Waals surface area contributed by atoms with Gasteiger partial charge in [-0.2, -0.15) is 0 Å². The van der Waals surface area contributed by atoms with Crippen molar-refractivity contribution in [3.63, 3.8) is 0 Å². The Morgan fingerprint density at radius 3 is 2.95 bits per heavy atom. The topological polar surface area (TPSA) is 24.5 Å². The second-order valence-electron chi connectivity index (χ2n) is 5.59. The smallest absolute Gasteiger partial charge is 0.0678 e. The zero-order valence-corrected chi connectivity index (χ0v) is 12.9. The Balaban J connectivity index is 2.14. The van der Waals surface area contributed by atoms with Crippen LogP contribution in [0.4, 0.5) is 5.69 Å². The number of benzene rings is 1. The summed E-state index contributed by atoms with van der Waals surface area (Å²) in [5, 5.41) is 3.55. The number of hydrogen-bond acceptors (Lipinski definition) is 3. The molecule has 0 spiro atoms. The molecule has 0 radical (unpaired) electrons. The number of nitrogens with one attached hydrogen (secondary N) is 1. The molecule has 3 heteroatoms. The van der Waals surface area contributed by atoms with Gasteiger partial charge in [0.05, 0.1) is 12.6 Å². The number of fused-ring (bicyclic) bond motifs is 1. The van der Waals surface area contributed by atoms with Crippen LogP contribution >= 0.6 is 0 Å². The summed E-state index contributed by atoms with van der Waals surface area (Å²) in [7, 11) is 1.80. The molecule has 20 heavy (non-hydrogen) atoms. The quantitative estimate of drug-likeness (QED) is 0.775. The average molecular weight is 276 g/mol. The molecule has 0 saturated heterocycles. The Hall–Kier alpha value is -1.06.